The molecule has 81 heavy (non-hydrogen) atoms. The average molecular weight is 1250 g/mol. The minimum atomic E-state index is -0.594. The molecule has 0 atom stereocenters. The Kier molecular flexibility index (Phi) is 10.1. The van der Waals surface area contributed by atoms with Crippen LogP contribution >= 0.6 is 0 Å². The van der Waals surface area contributed by atoms with Gasteiger partial charge in [-0.05, 0) is 80.4 Å². The van der Waals surface area contributed by atoms with Gasteiger partial charge in [-0.15, -0.1) is 53.6 Å². The molecule has 0 saturated carbocycles. The van der Waals surface area contributed by atoms with E-state index in [0.29, 0.717) is 56.8 Å². The van der Waals surface area contributed by atoms with Gasteiger partial charge in [0.25, 0.3) is 0 Å². The molecule has 0 saturated heterocycles. The van der Waals surface area contributed by atoms with Crippen LogP contribution in [0.25, 0.3) is 72.1 Å². The third-order valence-corrected chi connectivity index (χ3v) is 14.2. The van der Waals surface area contributed by atoms with E-state index in [-0.39, 0.29) is 72.4 Å². The fourth-order valence-electron chi connectivity index (χ4n) is 10.2. The van der Waals surface area contributed by atoms with E-state index in [4.69, 9.17) is 26.8 Å². The predicted molar refractivity (Wildman–Crippen MR) is 330 cm³/mol. The second-order valence-electron chi connectivity index (χ2n) is 21.4. The van der Waals surface area contributed by atoms with Gasteiger partial charge in [-0.1, -0.05) is 217 Å². The smallest absolute Gasteiger partial charge is 0.143 e. The zero-order chi connectivity index (χ0) is 67.6. The number of pyridine rings is 1. The fraction of sp³-hybridized carbons (Fsp3) is 0.108. The Bertz CT molecular complexity index is 5010. The molecule has 10 aromatic carbocycles. The van der Waals surface area contributed by atoms with Crippen LogP contribution in [-0.2, 0) is 31.9 Å². The van der Waals surface area contributed by atoms with Gasteiger partial charge in [0, 0.05) is 89.7 Å². The monoisotopic (exact) mass is 1250 g/mol. The third kappa shape index (κ3) is 10.2. The van der Waals surface area contributed by atoms with E-state index in [2.05, 4.69) is 53.7 Å². The maximum Gasteiger partial charge on any atom is 0.143 e. The van der Waals surface area contributed by atoms with Gasteiger partial charge in [0.05, 0.1) is 20.6 Å². The molecule has 1 aliphatic heterocycles. The molecule has 0 radical (unpaired) electrons. The van der Waals surface area contributed by atoms with Crippen molar-refractivity contribution < 1.29 is 51.1 Å². The Hall–Kier alpha value is -8.96. The number of benzene rings is 10. The Balaban J connectivity index is 0.00000881. The number of ether oxygens (including phenoxy) is 2. The number of aromatic nitrogens is 2. The van der Waals surface area contributed by atoms with Crippen molar-refractivity contribution in [2.24, 2.45) is 0 Å². The van der Waals surface area contributed by atoms with Gasteiger partial charge >= 0.3 is 0 Å². The second kappa shape index (κ2) is 21.6. The van der Waals surface area contributed by atoms with Gasteiger partial charge in [-0.3, -0.25) is 0 Å². The van der Waals surface area contributed by atoms with E-state index in [1.54, 1.807) is 48.1 Å². The summed E-state index contributed by atoms with van der Waals surface area (Å²) in [6.45, 7) is 14.1. The molecular weight excluding hydrogens is 1170 g/mol. The van der Waals surface area contributed by atoms with Gasteiger partial charge in [0.1, 0.15) is 17.3 Å². The van der Waals surface area contributed by atoms with E-state index in [1.807, 2.05) is 125 Å². The van der Waals surface area contributed by atoms with Crippen LogP contribution in [0.1, 0.15) is 73.2 Å². The van der Waals surface area contributed by atoms with Gasteiger partial charge in [0.15, 0.2) is 0 Å². The number of para-hydroxylation sites is 4. The molecule has 400 valence electrons. The molecule has 0 unspecified atom stereocenters. The van der Waals surface area contributed by atoms with Gasteiger partial charge in [0.2, 0.25) is 0 Å². The summed E-state index contributed by atoms with van der Waals surface area (Å²) in [4.78, 5) is 8.52. The number of nitrogens with zero attached hydrogens (tertiary/aromatic N) is 4. The molecule has 6 nitrogen and oxygen atoms in total. The molecule has 2 aromatic heterocycles. The number of hydrogen-bond donors (Lipinski definition) is 0. The zero-order valence-corrected chi connectivity index (χ0v) is 47.2. The van der Waals surface area contributed by atoms with E-state index >= 15 is 0 Å². The van der Waals surface area contributed by atoms with Crippen LogP contribution in [0.3, 0.4) is 0 Å². The first-order chi connectivity index (χ1) is 45.1. The molecule has 13 rings (SSSR count). The second-order valence-corrected chi connectivity index (χ2v) is 21.4. The summed E-state index contributed by atoms with van der Waals surface area (Å²) in [6.07, 6.45) is 1.62. The van der Waals surface area contributed by atoms with Crippen molar-refractivity contribution in [2.75, 3.05) is 9.80 Å². The molecule has 0 bridgehead atoms. The molecule has 0 amide bonds. The first kappa shape index (κ1) is 37.8. The Morgan fingerprint density at radius 1 is 0.481 bits per heavy atom. The summed E-state index contributed by atoms with van der Waals surface area (Å²) >= 11 is 0. The summed E-state index contributed by atoms with van der Waals surface area (Å²) in [5.41, 5.74) is 5.70. The van der Waals surface area contributed by atoms with Crippen LogP contribution in [0.4, 0.5) is 22.7 Å². The van der Waals surface area contributed by atoms with Crippen molar-refractivity contribution in [1.29, 1.82) is 0 Å². The maximum absolute atomic E-state index is 9.18. The Morgan fingerprint density at radius 3 is 1.69 bits per heavy atom. The first-order valence-corrected chi connectivity index (χ1v) is 26.1. The standard InChI is InChI=1S/C74H59N4O2.Pt/c1-73(2,3)54-42-56(76-49-77(68-37-22-21-36-67(68)76)71-60(50-24-11-7-12-25-50)33-23-34-61(71)51-26-13-8-14-27-51)46-59(43-54)79-57-38-39-63-62-32-19-20-35-66(62)78(69(63)47-57)70-48-58(40-41-75-70)80-72-64(52-28-15-9-16-29-52)44-55(74(4,5)6)45-65(72)53-30-17-10-18-31-53;/h7-45,48-49H,1-6H3;/q-3;/i7D,8D,9D,11D,12D,13D,14D,15D,16D,24D,25D,26D,27D,28D,29D;. The van der Waals surface area contributed by atoms with Crippen LogP contribution in [0.5, 0.6) is 23.0 Å². The van der Waals surface area contributed by atoms with Crippen molar-refractivity contribution in [1.82, 2.24) is 9.55 Å². The van der Waals surface area contributed by atoms with Crippen molar-refractivity contribution in [2.45, 2.75) is 52.4 Å². The summed E-state index contributed by atoms with van der Waals surface area (Å²) in [5.74, 6) is 1.69. The van der Waals surface area contributed by atoms with Crippen LogP contribution in [0.15, 0.2) is 242 Å². The number of rotatable bonds is 11. The van der Waals surface area contributed by atoms with Crippen molar-refractivity contribution in [3.05, 3.63) is 272 Å². The largest absolute Gasteiger partial charge is 0.509 e. The number of fused-ring (bicyclic) bond motifs is 4. The fourth-order valence-corrected chi connectivity index (χ4v) is 10.2. The minimum absolute atomic E-state index is 0. The summed E-state index contributed by atoms with van der Waals surface area (Å²) in [6, 6.07) is 44.0. The molecule has 3 heterocycles. The van der Waals surface area contributed by atoms with E-state index in [9.17, 15) is 8.22 Å². The van der Waals surface area contributed by atoms with Gasteiger partial charge in [-0.2, -0.15) is 6.07 Å². The molecule has 7 heteroatoms. The van der Waals surface area contributed by atoms with Crippen LogP contribution < -0.4 is 19.3 Å². The van der Waals surface area contributed by atoms with Gasteiger partial charge < -0.3 is 23.8 Å². The van der Waals surface area contributed by atoms with Crippen LogP contribution in [-0.4, -0.2) is 9.55 Å². The Labute approximate surface area is 510 Å². The molecule has 0 aliphatic carbocycles. The first-order valence-electron chi connectivity index (χ1n) is 33.6. The maximum atomic E-state index is 9.18. The van der Waals surface area contributed by atoms with Gasteiger partial charge in [-0.25, -0.2) is 4.98 Å². The molecular formula is C74H59N4O2Pt-3. The zero-order valence-electron chi connectivity index (χ0n) is 59.9. The quantitative estimate of drug-likeness (QED) is 0.121. The molecule has 0 N–H and O–H groups in total. The third-order valence-electron chi connectivity index (χ3n) is 14.2. The van der Waals surface area contributed by atoms with Crippen molar-refractivity contribution in [3.8, 4) is 73.3 Å². The SMILES string of the molecule is [2H]c1c([2H])c([2H])c(-c2cc(C(C)(C)C)cc(-c3ccccc3)c2Oc2ccnc(-n3c4[c-]c(Oc5[c-]c(N6[CH-]N(c7c(-c8c([2H])c([2H])c([2H])c([2H])c8[2H])cccc7-c7c([2H])c([2H])c([2H])c([2H])c7[2H])c7ccccc76)cc(C(C)(C)C)c5)ccc4c4ccccc43)c2)c([2H])c1[2H].[Pt]. The number of hydrogen-bond acceptors (Lipinski definition) is 5. The molecule has 0 spiro atoms. The van der Waals surface area contributed by atoms with Crippen molar-refractivity contribution in [3.63, 3.8) is 0 Å². The summed E-state index contributed by atoms with van der Waals surface area (Å²) < 4.78 is 149. The normalized spacial score (nSPS) is 15.0. The van der Waals surface area contributed by atoms with E-state index < -0.39 is 89.4 Å². The van der Waals surface area contributed by atoms with Crippen molar-refractivity contribution >= 4 is 44.6 Å². The summed E-state index contributed by atoms with van der Waals surface area (Å²) in [5, 5.41) is 1.72. The molecule has 12 aromatic rings. The van der Waals surface area contributed by atoms with E-state index in [0.717, 1.165) is 33.0 Å². The van der Waals surface area contributed by atoms with Crippen LogP contribution in [0, 0.1) is 18.8 Å². The van der Waals surface area contributed by atoms with E-state index in [1.165, 1.54) is 0 Å². The average Bonchev–Trinajstić information content (AvgIpc) is 1.28. The van der Waals surface area contributed by atoms with Crippen LogP contribution in [0.2, 0.25) is 0 Å². The predicted octanol–water partition coefficient (Wildman–Crippen LogP) is 20.0. The Morgan fingerprint density at radius 2 is 1.05 bits per heavy atom. The number of anilines is 4. The summed E-state index contributed by atoms with van der Waals surface area (Å²) in [7, 11) is 0. The minimum Gasteiger partial charge on any atom is -0.509 e. The molecule has 0 fully saturated rings. The molecule has 1 aliphatic rings. The topological polar surface area (TPSA) is 42.8 Å².